The number of carboxylic acids is 1. The molecule has 1 amide bonds. The quantitative estimate of drug-likeness (QED) is 0.779. The van der Waals surface area contributed by atoms with Gasteiger partial charge < -0.3 is 10.4 Å². The summed E-state index contributed by atoms with van der Waals surface area (Å²) in [5.41, 5.74) is 0.0408. The van der Waals surface area contributed by atoms with E-state index in [1.807, 2.05) is 20.8 Å². The number of hydrogen-bond donors (Lipinski definition) is 2. The van der Waals surface area contributed by atoms with Crippen molar-refractivity contribution in [1.29, 1.82) is 0 Å². The van der Waals surface area contributed by atoms with Gasteiger partial charge in [0.25, 0.3) is 0 Å². The molecule has 7 heteroatoms. The Labute approximate surface area is 118 Å². The van der Waals surface area contributed by atoms with Crippen molar-refractivity contribution < 1.29 is 14.7 Å². The minimum atomic E-state index is -0.997. The Bertz CT molecular complexity index is 437. The number of nitrogens with one attached hydrogen (secondary N) is 1. The van der Waals surface area contributed by atoms with Crippen molar-refractivity contribution in [3.8, 4) is 0 Å². The van der Waals surface area contributed by atoms with E-state index in [4.69, 9.17) is 5.11 Å². The Balaban J connectivity index is 2.40. The van der Waals surface area contributed by atoms with Gasteiger partial charge in [0.1, 0.15) is 18.7 Å². The van der Waals surface area contributed by atoms with Crippen molar-refractivity contribution in [2.24, 2.45) is 5.41 Å². The van der Waals surface area contributed by atoms with Gasteiger partial charge in [-0.2, -0.15) is 5.10 Å². The molecule has 112 valence electrons. The fourth-order valence-electron chi connectivity index (χ4n) is 1.67. The van der Waals surface area contributed by atoms with Crippen LogP contribution in [0.25, 0.3) is 0 Å². The van der Waals surface area contributed by atoms with E-state index in [1.165, 1.54) is 17.3 Å². The molecule has 1 aromatic heterocycles. The molecule has 20 heavy (non-hydrogen) atoms. The van der Waals surface area contributed by atoms with Crippen LogP contribution >= 0.6 is 0 Å². The van der Waals surface area contributed by atoms with E-state index >= 15 is 0 Å². The van der Waals surface area contributed by atoms with E-state index in [1.54, 1.807) is 0 Å². The predicted molar refractivity (Wildman–Crippen MR) is 72.9 cm³/mol. The van der Waals surface area contributed by atoms with E-state index in [2.05, 4.69) is 15.4 Å². The summed E-state index contributed by atoms with van der Waals surface area (Å²) in [7, 11) is 0. The highest BCUT2D eigenvalue weighted by Gasteiger charge is 2.22. The molecule has 7 nitrogen and oxygen atoms in total. The van der Waals surface area contributed by atoms with Gasteiger partial charge in [0.2, 0.25) is 5.91 Å². The van der Waals surface area contributed by atoms with Crippen LogP contribution in [0, 0.1) is 5.41 Å². The van der Waals surface area contributed by atoms with Gasteiger partial charge in [-0.25, -0.2) is 9.78 Å². The molecule has 0 bridgehead atoms. The molecule has 0 aromatic carbocycles. The zero-order chi connectivity index (χ0) is 15.2. The predicted octanol–water partition coefficient (Wildman–Crippen LogP) is 1.06. The third-order valence-corrected chi connectivity index (χ3v) is 2.85. The molecule has 0 spiro atoms. The number of hydrogen-bond acceptors (Lipinski definition) is 4. The highest BCUT2D eigenvalue weighted by Crippen LogP contribution is 2.21. The molecule has 0 aliphatic heterocycles. The fraction of sp³-hybridized carbons (Fsp3) is 0.692. The average Bonchev–Trinajstić information content (AvgIpc) is 2.83. The summed E-state index contributed by atoms with van der Waals surface area (Å²) < 4.78 is 1.53. The lowest BCUT2D eigenvalue weighted by Crippen LogP contribution is -2.41. The van der Waals surface area contributed by atoms with Crippen LogP contribution in [0.1, 0.15) is 40.0 Å². The van der Waals surface area contributed by atoms with E-state index in [0.29, 0.717) is 13.0 Å². The second kappa shape index (κ2) is 7.02. The average molecular weight is 282 g/mol. The van der Waals surface area contributed by atoms with E-state index in [-0.39, 0.29) is 17.7 Å². The second-order valence-electron chi connectivity index (χ2n) is 5.97. The normalized spacial score (nSPS) is 12.9. The number of nitrogens with zero attached hydrogens (tertiary/aromatic N) is 3. The number of carbonyl (C=O) groups is 2. The van der Waals surface area contributed by atoms with Crippen LogP contribution in [0.3, 0.4) is 0 Å². The molecule has 1 atom stereocenters. The lowest BCUT2D eigenvalue weighted by atomic mass is 9.88. The van der Waals surface area contributed by atoms with Crippen molar-refractivity contribution in [1.82, 2.24) is 20.1 Å². The van der Waals surface area contributed by atoms with Crippen LogP contribution in [0.4, 0.5) is 0 Å². The van der Waals surface area contributed by atoms with Gasteiger partial charge in [-0.15, -0.1) is 0 Å². The van der Waals surface area contributed by atoms with Crippen molar-refractivity contribution in [2.75, 3.05) is 0 Å². The van der Waals surface area contributed by atoms with Crippen LogP contribution in [0.15, 0.2) is 12.7 Å². The molecule has 0 radical (unpaired) electrons. The lowest BCUT2D eigenvalue weighted by molar-refractivity contribution is -0.142. The molecule has 0 aliphatic rings. The highest BCUT2D eigenvalue weighted by atomic mass is 16.4. The number of carboxylic acid groups (broad SMARTS) is 1. The first-order valence-corrected chi connectivity index (χ1v) is 6.62. The lowest BCUT2D eigenvalue weighted by Gasteiger charge is -2.21. The molecule has 0 fully saturated rings. The third-order valence-electron chi connectivity index (χ3n) is 2.85. The number of amides is 1. The standard InChI is InChI=1S/C13H22N4O3/c1-13(2,3)6-4-10(12(19)20)16-11(18)5-7-17-9-14-8-15-17/h8-10H,4-7H2,1-3H3,(H,16,18)(H,19,20). The topological polar surface area (TPSA) is 97.1 Å². The molecule has 0 saturated carbocycles. The van der Waals surface area contributed by atoms with E-state index < -0.39 is 12.0 Å². The molecular formula is C13H22N4O3. The molecule has 2 N–H and O–H groups in total. The number of rotatable bonds is 7. The largest absolute Gasteiger partial charge is 0.480 e. The first-order chi connectivity index (χ1) is 9.28. The van der Waals surface area contributed by atoms with Crippen molar-refractivity contribution in [3.05, 3.63) is 12.7 Å². The smallest absolute Gasteiger partial charge is 0.326 e. The van der Waals surface area contributed by atoms with Crippen LogP contribution in [0.5, 0.6) is 0 Å². The molecule has 1 unspecified atom stereocenters. The first-order valence-electron chi connectivity index (χ1n) is 6.62. The molecule has 1 rings (SSSR count). The Morgan fingerprint density at radius 2 is 2.10 bits per heavy atom. The Morgan fingerprint density at radius 1 is 1.40 bits per heavy atom. The monoisotopic (exact) mass is 282 g/mol. The summed E-state index contributed by atoms with van der Waals surface area (Å²) in [6, 6.07) is -0.836. The summed E-state index contributed by atoms with van der Waals surface area (Å²) in [6.45, 7) is 6.51. The maximum atomic E-state index is 11.7. The summed E-state index contributed by atoms with van der Waals surface area (Å²) in [6.07, 6.45) is 4.24. The molecule has 1 aromatic rings. The second-order valence-corrected chi connectivity index (χ2v) is 5.97. The number of aryl methyl sites for hydroxylation is 1. The minimum Gasteiger partial charge on any atom is -0.480 e. The Kier molecular flexibility index (Phi) is 5.66. The van der Waals surface area contributed by atoms with Crippen LogP contribution in [-0.2, 0) is 16.1 Å². The summed E-state index contributed by atoms with van der Waals surface area (Å²) in [5.74, 6) is -1.29. The maximum absolute atomic E-state index is 11.7. The van der Waals surface area contributed by atoms with Crippen molar-refractivity contribution in [3.63, 3.8) is 0 Å². The van der Waals surface area contributed by atoms with Crippen LogP contribution < -0.4 is 5.32 Å². The Hall–Kier alpha value is -1.92. The highest BCUT2D eigenvalue weighted by molar-refractivity contribution is 5.83. The number of aromatic nitrogens is 3. The van der Waals surface area contributed by atoms with Gasteiger partial charge in [-0.05, 0) is 18.3 Å². The Morgan fingerprint density at radius 3 is 2.60 bits per heavy atom. The van der Waals surface area contributed by atoms with Crippen molar-refractivity contribution in [2.45, 2.75) is 52.6 Å². The molecule has 0 aliphatic carbocycles. The van der Waals surface area contributed by atoms with Gasteiger partial charge in [0.05, 0.1) is 6.54 Å². The fourth-order valence-corrected chi connectivity index (χ4v) is 1.67. The molecule has 1 heterocycles. The van der Waals surface area contributed by atoms with Crippen LogP contribution in [0.2, 0.25) is 0 Å². The van der Waals surface area contributed by atoms with Crippen LogP contribution in [-0.4, -0.2) is 37.8 Å². The summed E-state index contributed by atoms with van der Waals surface area (Å²) in [4.78, 5) is 26.7. The number of aliphatic carboxylic acids is 1. The maximum Gasteiger partial charge on any atom is 0.326 e. The SMILES string of the molecule is CC(C)(C)CCC(NC(=O)CCn1cncn1)C(=O)O. The summed E-state index contributed by atoms with van der Waals surface area (Å²) >= 11 is 0. The molecular weight excluding hydrogens is 260 g/mol. The van der Waals surface area contributed by atoms with Gasteiger partial charge in [0, 0.05) is 6.42 Å². The first kappa shape index (κ1) is 16.1. The van der Waals surface area contributed by atoms with E-state index in [9.17, 15) is 9.59 Å². The van der Waals surface area contributed by atoms with Gasteiger partial charge >= 0.3 is 5.97 Å². The third kappa shape index (κ3) is 6.31. The van der Waals surface area contributed by atoms with Gasteiger partial charge in [-0.1, -0.05) is 20.8 Å². The summed E-state index contributed by atoms with van der Waals surface area (Å²) in [5, 5.41) is 15.6. The van der Waals surface area contributed by atoms with Crippen molar-refractivity contribution >= 4 is 11.9 Å². The zero-order valence-corrected chi connectivity index (χ0v) is 12.2. The number of carbonyl (C=O) groups excluding carboxylic acids is 1. The minimum absolute atomic E-state index is 0.0408. The van der Waals surface area contributed by atoms with Gasteiger partial charge in [0.15, 0.2) is 0 Å². The molecule has 0 saturated heterocycles. The van der Waals surface area contributed by atoms with Gasteiger partial charge in [-0.3, -0.25) is 9.48 Å². The zero-order valence-electron chi connectivity index (χ0n) is 12.2. The van der Waals surface area contributed by atoms with E-state index in [0.717, 1.165) is 6.42 Å².